The average molecular weight is 509 g/mol. The van der Waals surface area contributed by atoms with E-state index in [1.165, 1.54) is 0 Å². The third-order valence-electron chi connectivity index (χ3n) is 6.99. The Balaban J connectivity index is 1.73. The Kier molecular flexibility index (Phi) is 7.33. The summed E-state index contributed by atoms with van der Waals surface area (Å²) in [5.74, 6) is 2.26. The lowest BCUT2D eigenvalue weighted by atomic mass is 9.91. The molecule has 0 heterocycles. The lowest BCUT2D eigenvalue weighted by Gasteiger charge is -2.22. The molecule has 5 rings (SSSR count). The SMILES string of the molecule is CC(C)Oc1c2cccc1Cc1cccc(c1O)Cc1cccc(c1OC(C)C)Cc1cccc(c1O)C2. The number of hydrogen-bond donors (Lipinski definition) is 2. The second-order valence-corrected chi connectivity index (χ2v) is 10.7. The van der Waals surface area contributed by atoms with Crippen molar-refractivity contribution in [3.63, 3.8) is 0 Å². The molecule has 4 aromatic carbocycles. The molecule has 4 aromatic rings. The molecule has 0 amide bonds. The summed E-state index contributed by atoms with van der Waals surface area (Å²) >= 11 is 0. The van der Waals surface area contributed by atoms with Gasteiger partial charge in [0, 0.05) is 25.7 Å². The molecule has 0 atom stereocenters. The zero-order valence-corrected chi connectivity index (χ0v) is 22.6. The van der Waals surface area contributed by atoms with E-state index < -0.39 is 0 Å². The van der Waals surface area contributed by atoms with Crippen LogP contribution in [0.1, 0.15) is 72.2 Å². The number of benzene rings is 4. The number of fused-ring (bicyclic) bond motifs is 8. The van der Waals surface area contributed by atoms with Gasteiger partial charge in [-0.05, 0) is 72.2 Å². The predicted octanol–water partition coefficient (Wildman–Crippen LogP) is 7.35. The molecule has 0 unspecified atom stereocenters. The van der Waals surface area contributed by atoms with Crippen molar-refractivity contribution in [2.45, 2.75) is 65.6 Å². The fourth-order valence-corrected chi connectivity index (χ4v) is 5.29. The molecule has 0 spiro atoms. The Morgan fingerprint density at radius 2 is 0.684 bits per heavy atom. The maximum Gasteiger partial charge on any atom is 0.126 e. The molecule has 0 fully saturated rings. The Labute approximate surface area is 225 Å². The second-order valence-electron chi connectivity index (χ2n) is 10.7. The summed E-state index contributed by atoms with van der Waals surface area (Å²) in [6.07, 6.45) is 2.14. The van der Waals surface area contributed by atoms with Crippen LogP contribution in [0.2, 0.25) is 0 Å². The fourth-order valence-electron chi connectivity index (χ4n) is 5.29. The van der Waals surface area contributed by atoms with Gasteiger partial charge in [-0.3, -0.25) is 0 Å². The fraction of sp³-hybridized carbons (Fsp3) is 0.294. The number of phenolic OH excluding ortho intramolecular Hbond substituents is 2. The molecule has 8 bridgehead atoms. The number of rotatable bonds is 4. The minimum atomic E-state index is -0.00947. The van der Waals surface area contributed by atoms with Gasteiger partial charge in [-0.1, -0.05) is 72.8 Å². The second kappa shape index (κ2) is 10.8. The van der Waals surface area contributed by atoms with Crippen LogP contribution >= 0.6 is 0 Å². The molecule has 0 radical (unpaired) electrons. The van der Waals surface area contributed by atoms with Crippen LogP contribution in [0.5, 0.6) is 23.0 Å². The maximum absolute atomic E-state index is 11.4. The van der Waals surface area contributed by atoms with Gasteiger partial charge >= 0.3 is 0 Å². The van der Waals surface area contributed by atoms with Gasteiger partial charge in [0.25, 0.3) is 0 Å². The first kappa shape index (κ1) is 25.7. The van der Waals surface area contributed by atoms with Gasteiger partial charge in [-0.2, -0.15) is 0 Å². The van der Waals surface area contributed by atoms with E-state index in [1.807, 2.05) is 76.2 Å². The number of para-hydroxylation sites is 4. The topological polar surface area (TPSA) is 58.9 Å². The molecule has 0 aromatic heterocycles. The molecule has 4 nitrogen and oxygen atoms in total. The van der Waals surface area contributed by atoms with Gasteiger partial charge < -0.3 is 19.7 Å². The van der Waals surface area contributed by atoms with Gasteiger partial charge in [-0.15, -0.1) is 0 Å². The van der Waals surface area contributed by atoms with E-state index in [0.29, 0.717) is 37.2 Å². The van der Waals surface area contributed by atoms with Crippen LogP contribution in [-0.4, -0.2) is 22.4 Å². The quantitative estimate of drug-likeness (QED) is 0.266. The van der Waals surface area contributed by atoms with Crippen LogP contribution in [0.15, 0.2) is 72.8 Å². The van der Waals surface area contributed by atoms with Crippen molar-refractivity contribution in [3.05, 3.63) is 117 Å². The van der Waals surface area contributed by atoms with Crippen molar-refractivity contribution in [1.82, 2.24) is 0 Å². The van der Waals surface area contributed by atoms with Gasteiger partial charge in [0.15, 0.2) is 0 Å². The molecule has 2 N–H and O–H groups in total. The van der Waals surface area contributed by atoms with E-state index in [9.17, 15) is 10.2 Å². The normalized spacial score (nSPS) is 13.0. The summed E-state index contributed by atoms with van der Waals surface area (Å²) < 4.78 is 12.7. The van der Waals surface area contributed by atoms with E-state index in [2.05, 4.69) is 24.3 Å². The van der Waals surface area contributed by atoms with E-state index in [-0.39, 0.29) is 12.2 Å². The molecule has 1 aliphatic carbocycles. The van der Waals surface area contributed by atoms with Crippen LogP contribution in [0, 0.1) is 0 Å². The Bertz CT molecular complexity index is 1260. The van der Waals surface area contributed by atoms with Crippen molar-refractivity contribution in [3.8, 4) is 23.0 Å². The summed E-state index contributed by atoms with van der Waals surface area (Å²) in [6.45, 7) is 8.08. The minimum Gasteiger partial charge on any atom is -0.507 e. The van der Waals surface area contributed by atoms with Gasteiger partial charge in [0.05, 0.1) is 12.2 Å². The Morgan fingerprint density at radius 3 is 0.921 bits per heavy atom. The van der Waals surface area contributed by atoms with E-state index in [4.69, 9.17) is 9.47 Å². The van der Waals surface area contributed by atoms with E-state index in [1.54, 1.807) is 0 Å². The van der Waals surface area contributed by atoms with Crippen LogP contribution in [0.4, 0.5) is 0 Å². The van der Waals surface area contributed by atoms with Gasteiger partial charge in [0.2, 0.25) is 0 Å². The van der Waals surface area contributed by atoms with Crippen molar-refractivity contribution in [1.29, 1.82) is 0 Å². The van der Waals surface area contributed by atoms with Crippen LogP contribution in [0.25, 0.3) is 0 Å². The summed E-state index contributed by atoms with van der Waals surface area (Å²) in [5.41, 5.74) is 7.46. The zero-order valence-electron chi connectivity index (χ0n) is 22.6. The van der Waals surface area contributed by atoms with Crippen LogP contribution in [-0.2, 0) is 25.7 Å². The van der Waals surface area contributed by atoms with Gasteiger partial charge in [0.1, 0.15) is 23.0 Å². The summed E-state index contributed by atoms with van der Waals surface area (Å²) in [4.78, 5) is 0. The molecule has 0 saturated carbocycles. The highest BCUT2D eigenvalue weighted by molar-refractivity contribution is 5.55. The van der Waals surface area contributed by atoms with Crippen LogP contribution in [0.3, 0.4) is 0 Å². The van der Waals surface area contributed by atoms with Crippen LogP contribution < -0.4 is 9.47 Å². The highest BCUT2D eigenvalue weighted by Gasteiger charge is 2.20. The van der Waals surface area contributed by atoms with E-state index in [0.717, 1.165) is 56.0 Å². The molecule has 0 saturated heterocycles. The lowest BCUT2D eigenvalue weighted by Crippen LogP contribution is -2.11. The highest BCUT2D eigenvalue weighted by atomic mass is 16.5. The molecule has 196 valence electrons. The summed E-state index contributed by atoms with van der Waals surface area (Å²) in [5, 5.41) is 22.8. The molecular weight excluding hydrogens is 472 g/mol. The standard InChI is InChI=1S/C34H36O4/c1-21(2)37-33-27-13-7-14-28(33)18-24-10-6-12-26(32(24)36)20-30-16-8-15-29(34(30)38-22(3)4)19-25-11-5-9-23(17-27)31(25)35/h5-16,21-22,35-36H,17-20H2,1-4H3. The highest BCUT2D eigenvalue weighted by Crippen LogP contribution is 2.38. The molecule has 0 aliphatic heterocycles. The Morgan fingerprint density at radius 1 is 0.447 bits per heavy atom. The summed E-state index contributed by atoms with van der Waals surface area (Å²) in [6, 6.07) is 24.2. The molecule has 4 heteroatoms. The summed E-state index contributed by atoms with van der Waals surface area (Å²) in [7, 11) is 0. The van der Waals surface area contributed by atoms with Crippen molar-refractivity contribution >= 4 is 0 Å². The first-order valence-corrected chi connectivity index (χ1v) is 13.4. The third-order valence-corrected chi connectivity index (χ3v) is 6.99. The number of phenols is 2. The number of hydrogen-bond acceptors (Lipinski definition) is 4. The molecule has 1 aliphatic rings. The number of ether oxygens (including phenoxy) is 2. The monoisotopic (exact) mass is 508 g/mol. The smallest absolute Gasteiger partial charge is 0.126 e. The van der Waals surface area contributed by atoms with Crippen molar-refractivity contribution < 1.29 is 19.7 Å². The average Bonchev–Trinajstić information content (AvgIpc) is 2.86. The van der Waals surface area contributed by atoms with Crippen molar-refractivity contribution in [2.24, 2.45) is 0 Å². The molecular formula is C34H36O4. The molecule has 38 heavy (non-hydrogen) atoms. The largest absolute Gasteiger partial charge is 0.507 e. The lowest BCUT2D eigenvalue weighted by molar-refractivity contribution is 0.238. The number of aromatic hydroxyl groups is 2. The first-order valence-electron chi connectivity index (χ1n) is 13.4. The van der Waals surface area contributed by atoms with E-state index >= 15 is 0 Å². The predicted molar refractivity (Wildman–Crippen MR) is 152 cm³/mol. The maximum atomic E-state index is 11.4. The van der Waals surface area contributed by atoms with Crippen molar-refractivity contribution in [2.75, 3.05) is 0 Å². The Hall–Kier alpha value is -3.92. The zero-order chi connectivity index (χ0) is 26.8. The van der Waals surface area contributed by atoms with Gasteiger partial charge in [-0.25, -0.2) is 0 Å². The third kappa shape index (κ3) is 5.35. The first-order chi connectivity index (χ1) is 18.3. The minimum absolute atomic E-state index is 0.00947.